The molecule has 1 aromatic carbocycles. The van der Waals surface area contributed by atoms with Crippen LogP contribution in [0.4, 0.5) is 4.79 Å². The summed E-state index contributed by atoms with van der Waals surface area (Å²) >= 11 is 0. The van der Waals surface area contributed by atoms with E-state index in [1.807, 2.05) is 20.8 Å². The van der Waals surface area contributed by atoms with E-state index in [9.17, 15) is 28.9 Å². The monoisotopic (exact) mass is 573 g/mol. The summed E-state index contributed by atoms with van der Waals surface area (Å²) in [5.74, 6) is -1.05. The molecule has 3 saturated carbocycles. The largest absolute Gasteiger partial charge is 1.00 e. The van der Waals surface area contributed by atoms with E-state index < -0.39 is 42.9 Å². The Morgan fingerprint density at radius 2 is 1.82 bits per heavy atom. The maximum absolute atomic E-state index is 13.3. The van der Waals surface area contributed by atoms with E-state index >= 15 is 0 Å². The van der Waals surface area contributed by atoms with Crippen molar-refractivity contribution in [3.05, 3.63) is 29.8 Å². The fourth-order valence-corrected chi connectivity index (χ4v) is 7.67. The van der Waals surface area contributed by atoms with Gasteiger partial charge in [0.15, 0.2) is 0 Å². The third kappa shape index (κ3) is 6.17. The van der Waals surface area contributed by atoms with Crippen LogP contribution < -0.4 is 44.3 Å². The number of Topliss-reactive ketones (excluding diaryl/α,β-unsaturated/α-hetero) is 1. The SMILES string of the molecule is CC[C@]1(C)C[C@@H](OC(=O)NC(=O)c2ccc(OP(=O)([O-])O)cc2)[C@]2(C)[C@H](C)CCC3(CCC(=O)[C@H]32)C[C@@H]1O.[Na+]. The molecule has 4 rings (SSSR count). The molecule has 12 heteroatoms. The number of ketones is 1. The van der Waals surface area contributed by atoms with Crippen LogP contribution in [0.2, 0.25) is 0 Å². The number of imide groups is 1. The topological polar surface area (TPSA) is 162 Å². The number of hydrogen-bond acceptors (Lipinski definition) is 8. The molecule has 3 fully saturated rings. The van der Waals surface area contributed by atoms with Gasteiger partial charge in [0, 0.05) is 23.3 Å². The molecule has 2 bridgehead atoms. The summed E-state index contributed by atoms with van der Waals surface area (Å²) in [6, 6.07) is 4.81. The molecule has 8 atom stereocenters. The smallest absolute Gasteiger partial charge is 0.746 e. The molecule has 0 aromatic heterocycles. The molecule has 39 heavy (non-hydrogen) atoms. The number of rotatable bonds is 5. The van der Waals surface area contributed by atoms with Crippen LogP contribution in [-0.4, -0.2) is 40.0 Å². The molecule has 0 aliphatic heterocycles. The van der Waals surface area contributed by atoms with Crippen molar-refractivity contribution in [3.63, 3.8) is 0 Å². The Balaban J connectivity index is 0.00000420. The number of phosphoric acid groups is 1. The molecule has 2 unspecified atom stereocenters. The van der Waals surface area contributed by atoms with Gasteiger partial charge in [0.1, 0.15) is 17.6 Å². The van der Waals surface area contributed by atoms with Crippen molar-refractivity contribution >= 4 is 25.6 Å². The van der Waals surface area contributed by atoms with E-state index in [-0.39, 0.29) is 63.9 Å². The first-order chi connectivity index (χ1) is 17.6. The van der Waals surface area contributed by atoms with Crippen molar-refractivity contribution < 1.29 is 72.7 Å². The fourth-order valence-electron chi connectivity index (χ4n) is 7.29. The summed E-state index contributed by atoms with van der Waals surface area (Å²) < 4.78 is 21.2. The molecule has 3 N–H and O–H groups in total. The molecule has 2 amide bonds. The summed E-state index contributed by atoms with van der Waals surface area (Å²) in [5.41, 5.74) is -1.48. The number of carbonyl (C=O) groups excluding carboxylic acids is 3. The summed E-state index contributed by atoms with van der Waals surface area (Å²) in [7, 11) is -4.99. The van der Waals surface area contributed by atoms with Crippen LogP contribution >= 0.6 is 7.82 Å². The van der Waals surface area contributed by atoms with E-state index in [4.69, 9.17) is 9.63 Å². The first kappa shape index (κ1) is 32.3. The van der Waals surface area contributed by atoms with Crippen molar-refractivity contribution in [3.8, 4) is 5.75 Å². The molecule has 3 aliphatic rings. The Morgan fingerprint density at radius 1 is 1.18 bits per heavy atom. The molecule has 0 radical (unpaired) electrons. The minimum absolute atomic E-state index is 0. The van der Waals surface area contributed by atoms with E-state index in [0.717, 1.165) is 19.3 Å². The average Bonchev–Trinajstić information content (AvgIpc) is 3.16. The minimum Gasteiger partial charge on any atom is -0.746 e. The Kier molecular flexibility index (Phi) is 9.55. The summed E-state index contributed by atoms with van der Waals surface area (Å²) in [5, 5.41) is 13.6. The van der Waals surface area contributed by atoms with Gasteiger partial charge in [-0.3, -0.25) is 19.5 Å². The zero-order valence-corrected chi connectivity index (χ0v) is 26.2. The Morgan fingerprint density at radius 3 is 2.41 bits per heavy atom. The molecule has 0 saturated heterocycles. The van der Waals surface area contributed by atoms with Gasteiger partial charge in [0.05, 0.1) is 6.10 Å². The van der Waals surface area contributed by atoms with E-state index in [1.54, 1.807) is 0 Å². The van der Waals surface area contributed by atoms with Crippen LogP contribution in [0.5, 0.6) is 5.75 Å². The first-order valence-electron chi connectivity index (χ1n) is 13.2. The number of nitrogens with one attached hydrogen (secondary N) is 1. The predicted octanol–water partition coefficient (Wildman–Crippen LogP) is 0.738. The van der Waals surface area contributed by atoms with Gasteiger partial charge in [-0.2, -0.15) is 0 Å². The maximum atomic E-state index is 13.3. The molecule has 1 aromatic rings. The molecule has 210 valence electrons. The Labute approximate surface area is 251 Å². The molecule has 0 heterocycles. The van der Waals surface area contributed by atoms with Gasteiger partial charge < -0.3 is 24.2 Å². The quantitative estimate of drug-likeness (QED) is 0.341. The predicted molar refractivity (Wildman–Crippen MR) is 135 cm³/mol. The number of alkyl carbamates (subject to hydrolysis) is 1. The van der Waals surface area contributed by atoms with Gasteiger partial charge in [-0.25, -0.2) is 4.79 Å². The number of aliphatic hydroxyl groups excluding tert-OH is 1. The van der Waals surface area contributed by atoms with Crippen molar-refractivity contribution in [1.82, 2.24) is 5.32 Å². The number of aliphatic hydroxyl groups is 1. The van der Waals surface area contributed by atoms with Crippen LogP contribution in [0.1, 0.15) is 83.0 Å². The second kappa shape index (κ2) is 11.6. The zero-order valence-electron chi connectivity index (χ0n) is 23.3. The number of benzene rings is 1. The van der Waals surface area contributed by atoms with E-state index in [0.29, 0.717) is 25.7 Å². The van der Waals surface area contributed by atoms with Crippen molar-refractivity contribution in [1.29, 1.82) is 0 Å². The third-order valence-electron chi connectivity index (χ3n) is 9.92. The number of carbonyl (C=O) groups is 3. The second-order valence-electron chi connectivity index (χ2n) is 11.9. The van der Waals surface area contributed by atoms with Gasteiger partial charge in [0.2, 0.25) is 0 Å². The normalized spacial score (nSPS) is 37.3. The molecule has 3 aliphatic carbocycles. The van der Waals surface area contributed by atoms with Crippen LogP contribution in [-0.2, 0) is 14.1 Å². The molecular formula is C27H37NNaO9P. The van der Waals surface area contributed by atoms with Crippen LogP contribution in [0.15, 0.2) is 24.3 Å². The van der Waals surface area contributed by atoms with E-state index in [2.05, 4.69) is 16.8 Å². The Bertz CT molecular complexity index is 1160. The summed E-state index contributed by atoms with van der Waals surface area (Å²) in [6.07, 6.45) is 2.15. The number of amides is 2. The molecular weight excluding hydrogens is 536 g/mol. The summed E-state index contributed by atoms with van der Waals surface area (Å²) in [6.45, 7) is 8.11. The summed E-state index contributed by atoms with van der Waals surface area (Å²) in [4.78, 5) is 58.8. The first-order valence-corrected chi connectivity index (χ1v) is 14.7. The van der Waals surface area contributed by atoms with Crippen molar-refractivity contribution in [2.45, 2.75) is 84.8 Å². The van der Waals surface area contributed by atoms with E-state index in [1.165, 1.54) is 24.3 Å². The van der Waals surface area contributed by atoms with Gasteiger partial charge in [-0.05, 0) is 79.5 Å². The minimum atomic E-state index is -4.99. The van der Waals surface area contributed by atoms with Gasteiger partial charge in [-0.1, -0.05) is 27.7 Å². The number of phosphoric ester groups is 1. The zero-order chi connectivity index (χ0) is 28.1. The van der Waals surface area contributed by atoms with Crippen LogP contribution in [0, 0.1) is 28.1 Å². The fraction of sp³-hybridized carbons (Fsp3) is 0.667. The van der Waals surface area contributed by atoms with Gasteiger partial charge in [-0.15, -0.1) is 0 Å². The number of ether oxygens (including phenoxy) is 1. The Hall–Kier alpha value is -1.26. The van der Waals surface area contributed by atoms with Crippen LogP contribution in [0.25, 0.3) is 0 Å². The average molecular weight is 574 g/mol. The third-order valence-corrected chi connectivity index (χ3v) is 10.4. The molecule has 0 spiro atoms. The maximum Gasteiger partial charge on any atom is 1.00 e. The van der Waals surface area contributed by atoms with Crippen molar-refractivity contribution in [2.75, 3.05) is 0 Å². The van der Waals surface area contributed by atoms with Crippen LogP contribution in [0.3, 0.4) is 0 Å². The molecule has 10 nitrogen and oxygen atoms in total. The van der Waals surface area contributed by atoms with Crippen molar-refractivity contribution in [2.24, 2.45) is 28.1 Å². The standard InChI is InChI=1S/C27H38NO9P.Na/c1-5-25(3)15-21(26(4)16(2)10-12-27(14-20(25)30)13-11-19(29)22(26)27)36-24(32)28-23(31)17-6-8-18(9-7-17)37-38(33,34)35;/h6-9,16,20-22,30H,5,10-15H2,1-4H3,(H,28,31,32)(H2,33,34,35);/q;+1/p-1/t16-,20+,21-,22+,25-,26+,27?;/m1./s1. The van der Waals surface area contributed by atoms with Gasteiger partial charge >= 0.3 is 43.5 Å². The van der Waals surface area contributed by atoms with Gasteiger partial charge in [0.25, 0.3) is 5.91 Å². The number of hydrogen-bond donors (Lipinski definition) is 3. The second-order valence-corrected chi connectivity index (χ2v) is 13.1.